The molecular formula is C17H17N5O2. The molecule has 24 heavy (non-hydrogen) atoms. The Balaban J connectivity index is 1.68. The first kappa shape index (κ1) is 14.6. The Morgan fingerprint density at radius 1 is 1.12 bits per heavy atom. The van der Waals surface area contributed by atoms with Gasteiger partial charge in [-0.1, -0.05) is 18.2 Å². The van der Waals surface area contributed by atoms with Crippen LogP contribution in [0.15, 0.2) is 42.9 Å². The van der Waals surface area contributed by atoms with E-state index in [2.05, 4.69) is 20.0 Å². The number of benzene rings is 1. The Hall–Kier alpha value is -2.96. The van der Waals surface area contributed by atoms with Gasteiger partial charge in [-0.05, 0) is 25.0 Å². The summed E-state index contributed by atoms with van der Waals surface area (Å²) in [6.45, 7) is 1.36. The molecule has 3 heterocycles. The highest BCUT2D eigenvalue weighted by Gasteiger charge is 2.26. The minimum atomic E-state index is -0.709. The molecule has 0 amide bonds. The molecule has 1 aliphatic heterocycles. The van der Waals surface area contributed by atoms with Crippen molar-refractivity contribution in [1.82, 2.24) is 19.7 Å². The van der Waals surface area contributed by atoms with Crippen molar-refractivity contribution in [2.45, 2.75) is 12.8 Å². The first-order chi connectivity index (χ1) is 11.7. The van der Waals surface area contributed by atoms with E-state index in [1.807, 2.05) is 30.3 Å². The van der Waals surface area contributed by atoms with Gasteiger partial charge in [-0.15, -0.1) is 0 Å². The van der Waals surface area contributed by atoms with E-state index in [0.29, 0.717) is 25.9 Å². The van der Waals surface area contributed by atoms with E-state index < -0.39 is 5.97 Å². The summed E-state index contributed by atoms with van der Waals surface area (Å²) in [5, 5.41) is 14.5. The molecule has 0 bridgehead atoms. The van der Waals surface area contributed by atoms with E-state index in [9.17, 15) is 4.79 Å². The van der Waals surface area contributed by atoms with Crippen molar-refractivity contribution < 1.29 is 9.90 Å². The summed E-state index contributed by atoms with van der Waals surface area (Å²) in [6, 6.07) is 9.84. The first-order valence-electron chi connectivity index (χ1n) is 7.96. The number of para-hydroxylation sites is 1. The smallest absolute Gasteiger partial charge is 0.306 e. The highest BCUT2D eigenvalue weighted by atomic mass is 16.4. The average Bonchev–Trinajstić information content (AvgIpc) is 3.06. The van der Waals surface area contributed by atoms with Gasteiger partial charge in [0.2, 0.25) is 0 Å². The van der Waals surface area contributed by atoms with Gasteiger partial charge in [-0.2, -0.15) is 5.10 Å². The molecule has 0 atom stereocenters. The van der Waals surface area contributed by atoms with Crippen LogP contribution < -0.4 is 4.90 Å². The van der Waals surface area contributed by atoms with Crippen molar-refractivity contribution in [3.05, 3.63) is 42.9 Å². The van der Waals surface area contributed by atoms with Crippen molar-refractivity contribution in [1.29, 1.82) is 0 Å². The number of rotatable bonds is 3. The van der Waals surface area contributed by atoms with Gasteiger partial charge >= 0.3 is 5.97 Å². The minimum Gasteiger partial charge on any atom is -0.481 e. The molecular weight excluding hydrogens is 306 g/mol. The molecule has 0 spiro atoms. The van der Waals surface area contributed by atoms with Gasteiger partial charge < -0.3 is 10.0 Å². The summed E-state index contributed by atoms with van der Waals surface area (Å²) in [7, 11) is 0. The number of carboxylic acids is 1. The number of hydrogen-bond donors (Lipinski definition) is 1. The number of nitrogens with zero attached hydrogens (tertiary/aromatic N) is 5. The van der Waals surface area contributed by atoms with Crippen LogP contribution in [0.3, 0.4) is 0 Å². The van der Waals surface area contributed by atoms with E-state index in [4.69, 9.17) is 5.11 Å². The van der Waals surface area contributed by atoms with E-state index in [-0.39, 0.29) is 5.92 Å². The van der Waals surface area contributed by atoms with Gasteiger partial charge in [0, 0.05) is 13.1 Å². The quantitative estimate of drug-likeness (QED) is 0.795. The SMILES string of the molecule is O=C(O)C1CCN(c2ncnc3c2cnn3-c2ccccc2)CC1. The van der Waals surface area contributed by atoms with Crippen LogP contribution in [0.5, 0.6) is 0 Å². The Morgan fingerprint density at radius 2 is 1.88 bits per heavy atom. The van der Waals surface area contributed by atoms with E-state index in [1.54, 1.807) is 17.2 Å². The third-order valence-corrected chi connectivity index (χ3v) is 4.49. The normalized spacial score (nSPS) is 15.8. The molecule has 4 rings (SSSR count). The maximum atomic E-state index is 11.1. The van der Waals surface area contributed by atoms with Crippen LogP contribution in [0, 0.1) is 5.92 Å². The van der Waals surface area contributed by atoms with Crippen molar-refractivity contribution in [3.8, 4) is 5.69 Å². The van der Waals surface area contributed by atoms with Crippen LogP contribution in [0.4, 0.5) is 5.82 Å². The largest absolute Gasteiger partial charge is 0.481 e. The van der Waals surface area contributed by atoms with Gasteiger partial charge in [0.15, 0.2) is 5.65 Å². The number of fused-ring (bicyclic) bond motifs is 1. The van der Waals surface area contributed by atoms with Crippen LogP contribution in [-0.2, 0) is 4.79 Å². The zero-order chi connectivity index (χ0) is 16.5. The van der Waals surface area contributed by atoms with Gasteiger partial charge in [-0.25, -0.2) is 14.6 Å². The molecule has 7 heteroatoms. The zero-order valence-electron chi connectivity index (χ0n) is 13.0. The van der Waals surface area contributed by atoms with Crippen molar-refractivity contribution in [3.63, 3.8) is 0 Å². The second kappa shape index (κ2) is 5.92. The van der Waals surface area contributed by atoms with Crippen LogP contribution in [0.1, 0.15) is 12.8 Å². The molecule has 0 unspecified atom stereocenters. The van der Waals surface area contributed by atoms with Gasteiger partial charge in [-0.3, -0.25) is 4.79 Å². The lowest BCUT2D eigenvalue weighted by molar-refractivity contribution is -0.142. The molecule has 1 N–H and O–H groups in total. The number of aromatic nitrogens is 4. The highest BCUT2D eigenvalue weighted by molar-refractivity contribution is 5.87. The van der Waals surface area contributed by atoms with E-state index >= 15 is 0 Å². The lowest BCUT2D eigenvalue weighted by atomic mass is 9.97. The van der Waals surface area contributed by atoms with Crippen molar-refractivity contribution >= 4 is 22.8 Å². The topological polar surface area (TPSA) is 84.1 Å². The first-order valence-corrected chi connectivity index (χ1v) is 7.96. The Labute approximate surface area is 138 Å². The third kappa shape index (κ3) is 2.47. The lowest BCUT2D eigenvalue weighted by Crippen LogP contribution is -2.36. The molecule has 0 saturated carbocycles. The predicted molar refractivity (Wildman–Crippen MR) is 89.2 cm³/mol. The molecule has 0 radical (unpaired) electrons. The summed E-state index contributed by atoms with van der Waals surface area (Å²) < 4.78 is 1.80. The summed E-state index contributed by atoms with van der Waals surface area (Å²) in [5.41, 5.74) is 1.70. The molecule has 3 aromatic rings. The number of hydrogen-bond acceptors (Lipinski definition) is 5. The van der Waals surface area contributed by atoms with E-state index in [1.165, 1.54) is 0 Å². The number of carboxylic acid groups (broad SMARTS) is 1. The standard InChI is InChI=1S/C17H17N5O2/c23-17(24)12-6-8-21(9-7-12)15-14-10-20-22(16(14)19-11-18-15)13-4-2-1-3-5-13/h1-5,10-12H,6-9H2,(H,23,24). The van der Waals surface area contributed by atoms with Crippen LogP contribution >= 0.6 is 0 Å². The van der Waals surface area contributed by atoms with E-state index in [0.717, 1.165) is 22.5 Å². The monoisotopic (exact) mass is 323 g/mol. The Bertz CT molecular complexity index is 869. The summed E-state index contributed by atoms with van der Waals surface area (Å²) in [4.78, 5) is 22.0. The van der Waals surface area contributed by atoms with Crippen LogP contribution in [-0.4, -0.2) is 43.9 Å². The molecule has 1 fully saturated rings. The number of aliphatic carboxylic acids is 1. The minimum absolute atomic E-state index is 0.259. The van der Waals surface area contributed by atoms with Crippen LogP contribution in [0.2, 0.25) is 0 Å². The fourth-order valence-corrected chi connectivity index (χ4v) is 3.18. The molecule has 7 nitrogen and oxygen atoms in total. The summed E-state index contributed by atoms with van der Waals surface area (Å²) in [5.74, 6) is -0.143. The summed E-state index contributed by atoms with van der Waals surface area (Å²) in [6.07, 6.45) is 4.59. The van der Waals surface area contributed by atoms with Gasteiger partial charge in [0.25, 0.3) is 0 Å². The van der Waals surface area contributed by atoms with Gasteiger partial charge in [0.05, 0.1) is 23.2 Å². The molecule has 122 valence electrons. The van der Waals surface area contributed by atoms with Crippen LogP contribution in [0.25, 0.3) is 16.7 Å². The van der Waals surface area contributed by atoms with Gasteiger partial charge in [0.1, 0.15) is 12.1 Å². The number of carbonyl (C=O) groups is 1. The molecule has 0 aliphatic carbocycles. The Kier molecular flexibility index (Phi) is 3.60. The molecule has 2 aromatic heterocycles. The predicted octanol–water partition coefficient (Wildman–Crippen LogP) is 2.12. The maximum Gasteiger partial charge on any atom is 0.306 e. The zero-order valence-corrected chi connectivity index (χ0v) is 13.0. The Morgan fingerprint density at radius 3 is 2.58 bits per heavy atom. The second-order valence-electron chi connectivity index (χ2n) is 5.93. The molecule has 1 saturated heterocycles. The third-order valence-electron chi connectivity index (χ3n) is 4.49. The summed E-state index contributed by atoms with van der Waals surface area (Å²) >= 11 is 0. The molecule has 1 aliphatic rings. The highest BCUT2D eigenvalue weighted by Crippen LogP contribution is 2.28. The maximum absolute atomic E-state index is 11.1. The molecule has 1 aromatic carbocycles. The average molecular weight is 323 g/mol. The lowest BCUT2D eigenvalue weighted by Gasteiger charge is -2.31. The number of anilines is 1. The fourth-order valence-electron chi connectivity index (χ4n) is 3.18. The van der Waals surface area contributed by atoms with Crippen molar-refractivity contribution in [2.75, 3.05) is 18.0 Å². The fraction of sp³-hybridized carbons (Fsp3) is 0.294. The van der Waals surface area contributed by atoms with Crippen molar-refractivity contribution in [2.24, 2.45) is 5.92 Å². The number of piperidine rings is 1. The second-order valence-corrected chi connectivity index (χ2v) is 5.93.